The largest absolute Gasteiger partial charge is 0.493 e. The van der Waals surface area contributed by atoms with Crippen LogP contribution < -0.4 is 25.4 Å². The van der Waals surface area contributed by atoms with Crippen molar-refractivity contribution in [2.45, 2.75) is 19.6 Å². The van der Waals surface area contributed by atoms with E-state index in [0.717, 1.165) is 5.56 Å². The Kier molecular flexibility index (Phi) is 8.14. The van der Waals surface area contributed by atoms with E-state index in [2.05, 4.69) is 20.9 Å². The lowest BCUT2D eigenvalue weighted by atomic mass is 10.2. The quantitative estimate of drug-likeness (QED) is 0.350. The third-order valence-electron chi connectivity index (χ3n) is 4.59. The van der Waals surface area contributed by atoms with Gasteiger partial charge >= 0.3 is 0 Å². The Labute approximate surface area is 187 Å². The molecule has 0 aliphatic heterocycles. The average Bonchev–Trinajstić information content (AvgIpc) is 3.36. The predicted molar refractivity (Wildman–Crippen MR) is 124 cm³/mol. The summed E-state index contributed by atoms with van der Waals surface area (Å²) < 4.78 is 16.4. The molecule has 32 heavy (non-hydrogen) atoms. The topological polar surface area (TPSA) is 97.1 Å². The summed E-state index contributed by atoms with van der Waals surface area (Å²) in [5.74, 6) is 2.05. The molecule has 8 heteroatoms. The number of benzene rings is 2. The SMILES string of the molecule is CN=C(NCc1ccc(NC(=O)c2ccco2)cc1)NCC(C)Oc1ccccc1OC. The summed E-state index contributed by atoms with van der Waals surface area (Å²) in [4.78, 5) is 16.3. The van der Waals surface area contributed by atoms with Crippen LogP contribution in [0.15, 0.2) is 76.3 Å². The van der Waals surface area contributed by atoms with E-state index in [-0.39, 0.29) is 17.8 Å². The van der Waals surface area contributed by atoms with Gasteiger partial charge in [0.05, 0.1) is 19.9 Å². The van der Waals surface area contributed by atoms with Crippen LogP contribution in [0.3, 0.4) is 0 Å². The summed E-state index contributed by atoms with van der Waals surface area (Å²) in [5, 5.41) is 9.32. The Morgan fingerprint density at radius 3 is 2.44 bits per heavy atom. The molecule has 3 aromatic rings. The van der Waals surface area contributed by atoms with Crippen molar-refractivity contribution in [1.82, 2.24) is 10.6 Å². The lowest BCUT2D eigenvalue weighted by Crippen LogP contribution is -2.41. The van der Waals surface area contributed by atoms with Crippen LogP contribution in [0.25, 0.3) is 0 Å². The third-order valence-corrected chi connectivity index (χ3v) is 4.59. The number of hydrogen-bond donors (Lipinski definition) is 3. The molecule has 1 unspecified atom stereocenters. The number of hydrogen-bond acceptors (Lipinski definition) is 5. The molecular weight excluding hydrogens is 408 g/mol. The average molecular weight is 437 g/mol. The summed E-state index contributed by atoms with van der Waals surface area (Å²) in [5.41, 5.74) is 1.74. The number of furan rings is 1. The first-order valence-corrected chi connectivity index (χ1v) is 10.3. The maximum absolute atomic E-state index is 12.0. The molecule has 0 spiro atoms. The molecule has 3 rings (SSSR count). The van der Waals surface area contributed by atoms with E-state index >= 15 is 0 Å². The molecule has 0 aliphatic rings. The Balaban J connectivity index is 1.44. The summed E-state index contributed by atoms with van der Waals surface area (Å²) in [6.45, 7) is 3.12. The molecule has 0 fully saturated rings. The van der Waals surface area contributed by atoms with E-state index < -0.39 is 0 Å². The van der Waals surface area contributed by atoms with Gasteiger partial charge in [-0.05, 0) is 48.9 Å². The number of methoxy groups -OCH3 is 1. The molecule has 0 radical (unpaired) electrons. The number of rotatable bonds is 9. The van der Waals surface area contributed by atoms with Gasteiger partial charge in [-0.15, -0.1) is 0 Å². The zero-order chi connectivity index (χ0) is 22.8. The molecule has 1 aromatic heterocycles. The molecule has 3 N–H and O–H groups in total. The number of aliphatic imine (C=N–C) groups is 1. The first-order valence-electron chi connectivity index (χ1n) is 10.3. The number of para-hydroxylation sites is 2. The predicted octanol–water partition coefficient (Wildman–Crippen LogP) is 3.67. The van der Waals surface area contributed by atoms with E-state index in [1.54, 1.807) is 26.3 Å². The van der Waals surface area contributed by atoms with Gasteiger partial charge in [-0.25, -0.2) is 0 Å². The third kappa shape index (κ3) is 6.53. The van der Waals surface area contributed by atoms with Crippen LogP contribution in [0.5, 0.6) is 11.5 Å². The Hall–Kier alpha value is -3.94. The van der Waals surface area contributed by atoms with Crippen molar-refractivity contribution in [2.75, 3.05) is 26.0 Å². The molecule has 0 aliphatic carbocycles. The summed E-state index contributed by atoms with van der Waals surface area (Å²) in [6.07, 6.45) is 1.37. The highest BCUT2D eigenvalue weighted by Crippen LogP contribution is 2.26. The van der Waals surface area contributed by atoms with Crippen LogP contribution in [0.2, 0.25) is 0 Å². The molecule has 2 aromatic carbocycles. The minimum absolute atomic E-state index is 0.0955. The van der Waals surface area contributed by atoms with Crippen LogP contribution in [-0.2, 0) is 6.54 Å². The van der Waals surface area contributed by atoms with Crippen molar-refractivity contribution in [3.63, 3.8) is 0 Å². The molecular formula is C24H28N4O4. The number of anilines is 1. The van der Waals surface area contributed by atoms with Crippen LogP contribution in [-0.4, -0.2) is 38.7 Å². The van der Waals surface area contributed by atoms with E-state index in [1.165, 1.54) is 6.26 Å². The highest BCUT2D eigenvalue weighted by Gasteiger charge is 2.10. The minimum atomic E-state index is -0.282. The maximum atomic E-state index is 12.0. The maximum Gasteiger partial charge on any atom is 0.291 e. The fourth-order valence-electron chi connectivity index (χ4n) is 2.93. The second-order valence-electron chi connectivity index (χ2n) is 7.01. The molecule has 1 atom stereocenters. The molecule has 8 nitrogen and oxygen atoms in total. The van der Waals surface area contributed by atoms with Crippen LogP contribution >= 0.6 is 0 Å². The number of carbonyl (C=O) groups is 1. The number of ether oxygens (including phenoxy) is 2. The fraction of sp³-hybridized carbons (Fsp3) is 0.250. The monoisotopic (exact) mass is 436 g/mol. The standard InChI is InChI=1S/C24H28N4O4/c1-17(32-21-8-5-4-7-20(21)30-3)15-26-24(25-2)27-16-18-10-12-19(13-11-18)28-23(29)22-9-6-14-31-22/h4-14,17H,15-16H2,1-3H3,(H,28,29)(H2,25,26,27). The molecule has 0 saturated carbocycles. The Bertz CT molecular complexity index is 1020. The van der Waals surface area contributed by atoms with Gasteiger partial charge in [-0.2, -0.15) is 0 Å². The number of nitrogens with one attached hydrogen (secondary N) is 3. The molecule has 1 amide bonds. The second-order valence-corrected chi connectivity index (χ2v) is 7.01. The van der Waals surface area contributed by atoms with Gasteiger partial charge in [0, 0.05) is 19.3 Å². The molecule has 168 valence electrons. The zero-order valence-electron chi connectivity index (χ0n) is 18.4. The van der Waals surface area contributed by atoms with E-state index in [9.17, 15) is 4.79 Å². The molecule has 0 saturated heterocycles. The van der Waals surface area contributed by atoms with Crippen LogP contribution in [0.1, 0.15) is 23.0 Å². The number of nitrogens with zero attached hydrogens (tertiary/aromatic N) is 1. The van der Waals surface area contributed by atoms with Crippen molar-refractivity contribution >= 4 is 17.6 Å². The van der Waals surface area contributed by atoms with Gasteiger partial charge in [0.25, 0.3) is 5.91 Å². The summed E-state index contributed by atoms with van der Waals surface area (Å²) in [7, 11) is 3.34. The van der Waals surface area contributed by atoms with Gasteiger partial charge < -0.3 is 29.8 Å². The van der Waals surface area contributed by atoms with Gasteiger partial charge in [0.15, 0.2) is 23.2 Å². The van der Waals surface area contributed by atoms with E-state index in [0.29, 0.717) is 36.2 Å². The second kappa shape index (κ2) is 11.5. The molecule has 1 heterocycles. The van der Waals surface area contributed by atoms with Crippen molar-refractivity contribution in [3.05, 3.63) is 78.3 Å². The van der Waals surface area contributed by atoms with E-state index in [1.807, 2.05) is 55.5 Å². The van der Waals surface area contributed by atoms with Crippen LogP contribution in [0, 0.1) is 0 Å². The van der Waals surface area contributed by atoms with Gasteiger partial charge in [0.1, 0.15) is 6.10 Å². The van der Waals surface area contributed by atoms with E-state index in [4.69, 9.17) is 13.9 Å². The molecule has 0 bridgehead atoms. The summed E-state index contributed by atoms with van der Waals surface area (Å²) in [6, 6.07) is 18.4. The van der Waals surface area contributed by atoms with Crippen molar-refractivity contribution in [1.29, 1.82) is 0 Å². The minimum Gasteiger partial charge on any atom is -0.493 e. The number of amides is 1. The highest BCUT2D eigenvalue weighted by molar-refractivity contribution is 6.02. The fourth-order valence-corrected chi connectivity index (χ4v) is 2.93. The first-order chi connectivity index (χ1) is 15.6. The lowest BCUT2D eigenvalue weighted by molar-refractivity contribution is 0.0996. The highest BCUT2D eigenvalue weighted by atomic mass is 16.5. The van der Waals surface area contributed by atoms with Crippen molar-refractivity contribution in [2.24, 2.45) is 4.99 Å². The lowest BCUT2D eigenvalue weighted by Gasteiger charge is -2.19. The Morgan fingerprint density at radius 2 is 1.78 bits per heavy atom. The van der Waals surface area contributed by atoms with Gasteiger partial charge in [-0.1, -0.05) is 24.3 Å². The number of carbonyl (C=O) groups excluding carboxylic acids is 1. The zero-order valence-corrected chi connectivity index (χ0v) is 18.4. The van der Waals surface area contributed by atoms with Gasteiger partial charge in [0.2, 0.25) is 0 Å². The van der Waals surface area contributed by atoms with Crippen LogP contribution in [0.4, 0.5) is 5.69 Å². The first kappa shape index (κ1) is 22.7. The Morgan fingerprint density at radius 1 is 1.03 bits per heavy atom. The smallest absolute Gasteiger partial charge is 0.291 e. The summed E-state index contributed by atoms with van der Waals surface area (Å²) >= 11 is 0. The number of guanidine groups is 1. The van der Waals surface area contributed by atoms with Crippen molar-refractivity contribution in [3.8, 4) is 11.5 Å². The van der Waals surface area contributed by atoms with Gasteiger partial charge in [-0.3, -0.25) is 9.79 Å². The van der Waals surface area contributed by atoms with Crippen molar-refractivity contribution < 1.29 is 18.7 Å². The normalized spacial score (nSPS) is 12.0.